The fraction of sp³-hybridized carbons (Fsp3) is 0.188. The van der Waals surface area contributed by atoms with E-state index < -0.39 is 10.0 Å². The van der Waals surface area contributed by atoms with E-state index in [1.165, 1.54) is 0 Å². The predicted molar refractivity (Wildman–Crippen MR) is 104 cm³/mol. The maximum atomic E-state index is 12.1. The Balaban J connectivity index is 1.50. The van der Waals surface area contributed by atoms with Gasteiger partial charge in [0, 0.05) is 16.5 Å². The molecule has 0 amide bonds. The second-order valence-electron chi connectivity index (χ2n) is 5.08. The Labute approximate surface area is 154 Å². The molecular formula is C16H15ClN2O2S3. The minimum Gasteiger partial charge on any atom is -0.284 e. The van der Waals surface area contributed by atoms with Crippen LogP contribution in [0.2, 0.25) is 5.02 Å². The maximum absolute atomic E-state index is 12.1. The lowest BCUT2D eigenvalue weighted by atomic mass is 10.3. The first-order chi connectivity index (χ1) is 11.5. The van der Waals surface area contributed by atoms with Gasteiger partial charge in [0.15, 0.2) is 4.34 Å². The van der Waals surface area contributed by atoms with Crippen LogP contribution in [0.5, 0.6) is 0 Å². The van der Waals surface area contributed by atoms with E-state index in [0.717, 1.165) is 14.6 Å². The van der Waals surface area contributed by atoms with Crippen molar-refractivity contribution < 1.29 is 8.42 Å². The van der Waals surface area contributed by atoms with Crippen molar-refractivity contribution in [3.8, 4) is 0 Å². The molecule has 0 atom stereocenters. The number of sulfonamides is 1. The van der Waals surface area contributed by atoms with Crippen molar-refractivity contribution in [1.82, 2.24) is 4.98 Å². The quantitative estimate of drug-likeness (QED) is 0.455. The molecule has 0 radical (unpaired) electrons. The van der Waals surface area contributed by atoms with Crippen molar-refractivity contribution in [3.63, 3.8) is 0 Å². The summed E-state index contributed by atoms with van der Waals surface area (Å²) < 4.78 is 28.8. The third kappa shape index (κ3) is 4.86. The molecule has 8 heteroatoms. The molecule has 2 aromatic carbocycles. The molecule has 0 unspecified atom stereocenters. The number of aromatic nitrogens is 1. The summed E-state index contributed by atoms with van der Waals surface area (Å²) in [5.74, 6) is 0.772. The van der Waals surface area contributed by atoms with E-state index in [-0.39, 0.29) is 5.75 Å². The first-order valence-electron chi connectivity index (χ1n) is 7.26. The van der Waals surface area contributed by atoms with Gasteiger partial charge in [-0.25, -0.2) is 13.4 Å². The molecule has 0 saturated carbocycles. The summed E-state index contributed by atoms with van der Waals surface area (Å²) in [6, 6.07) is 14.7. The summed E-state index contributed by atoms with van der Waals surface area (Å²) in [5.41, 5.74) is 1.47. The fourth-order valence-electron chi connectivity index (χ4n) is 2.10. The third-order valence-corrected chi connectivity index (χ3v) is 7.03. The predicted octanol–water partition coefficient (Wildman–Crippen LogP) is 4.87. The molecule has 0 aliphatic rings. The Bertz CT molecular complexity index is 908. The van der Waals surface area contributed by atoms with Crippen molar-refractivity contribution >= 4 is 60.6 Å². The molecule has 24 heavy (non-hydrogen) atoms. The average molecular weight is 399 g/mol. The van der Waals surface area contributed by atoms with E-state index in [1.807, 2.05) is 24.3 Å². The topological polar surface area (TPSA) is 59.1 Å². The molecular weight excluding hydrogens is 384 g/mol. The molecule has 0 fully saturated rings. The van der Waals surface area contributed by atoms with E-state index in [2.05, 4.69) is 9.71 Å². The number of nitrogens with one attached hydrogen (secondary N) is 1. The van der Waals surface area contributed by atoms with E-state index in [4.69, 9.17) is 11.6 Å². The maximum Gasteiger partial charge on any atom is 0.232 e. The number of thioether (sulfide) groups is 1. The number of rotatable bonds is 7. The van der Waals surface area contributed by atoms with E-state index in [9.17, 15) is 8.42 Å². The Hall–Kier alpha value is -1.28. The number of halogens is 1. The smallest absolute Gasteiger partial charge is 0.232 e. The largest absolute Gasteiger partial charge is 0.284 e. The molecule has 0 bridgehead atoms. The van der Waals surface area contributed by atoms with Crippen LogP contribution < -0.4 is 4.72 Å². The van der Waals surface area contributed by atoms with Crippen LogP contribution >= 0.6 is 34.7 Å². The highest BCUT2D eigenvalue weighted by molar-refractivity contribution is 8.01. The number of benzene rings is 2. The minimum atomic E-state index is -3.37. The second-order valence-corrected chi connectivity index (χ2v) is 9.73. The summed E-state index contributed by atoms with van der Waals surface area (Å²) in [7, 11) is -3.37. The van der Waals surface area contributed by atoms with Crippen LogP contribution in [-0.2, 0) is 10.0 Å². The van der Waals surface area contributed by atoms with Gasteiger partial charge in [-0.1, -0.05) is 41.6 Å². The summed E-state index contributed by atoms with van der Waals surface area (Å²) in [4.78, 5) is 4.53. The number of thiazole rings is 1. The number of nitrogens with zero attached hydrogens (tertiary/aromatic N) is 1. The zero-order chi connectivity index (χ0) is 17.0. The van der Waals surface area contributed by atoms with Crippen LogP contribution in [0.3, 0.4) is 0 Å². The lowest BCUT2D eigenvalue weighted by Crippen LogP contribution is -2.17. The summed E-state index contributed by atoms with van der Waals surface area (Å²) >= 11 is 9.08. The van der Waals surface area contributed by atoms with Crippen LogP contribution in [0, 0.1) is 0 Å². The SMILES string of the molecule is O=S(=O)(CCCSc1nc2ccccc2s1)Nc1cccc(Cl)c1. The molecule has 0 aliphatic heterocycles. The molecule has 126 valence electrons. The Kier molecular flexibility index (Phi) is 5.65. The van der Waals surface area contributed by atoms with Crippen LogP contribution in [-0.4, -0.2) is 24.9 Å². The van der Waals surface area contributed by atoms with Gasteiger partial charge in [-0.3, -0.25) is 4.72 Å². The Morgan fingerprint density at radius 3 is 2.79 bits per heavy atom. The molecule has 3 rings (SSSR count). The van der Waals surface area contributed by atoms with E-state index in [1.54, 1.807) is 47.4 Å². The van der Waals surface area contributed by atoms with Crippen LogP contribution in [0.25, 0.3) is 10.2 Å². The van der Waals surface area contributed by atoms with Crippen molar-refractivity contribution in [3.05, 3.63) is 53.6 Å². The van der Waals surface area contributed by atoms with Gasteiger partial charge in [0.2, 0.25) is 10.0 Å². The van der Waals surface area contributed by atoms with Gasteiger partial charge in [-0.15, -0.1) is 11.3 Å². The highest BCUT2D eigenvalue weighted by atomic mass is 35.5. The zero-order valence-electron chi connectivity index (χ0n) is 12.6. The normalized spacial score (nSPS) is 11.7. The first-order valence-corrected chi connectivity index (χ1v) is 11.1. The van der Waals surface area contributed by atoms with Gasteiger partial charge >= 0.3 is 0 Å². The number of para-hydroxylation sites is 1. The van der Waals surface area contributed by atoms with Crippen LogP contribution in [0.1, 0.15) is 6.42 Å². The van der Waals surface area contributed by atoms with E-state index >= 15 is 0 Å². The van der Waals surface area contributed by atoms with Gasteiger partial charge in [0.05, 0.1) is 16.0 Å². The van der Waals surface area contributed by atoms with Crippen molar-refractivity contribution in [1.29, 1.82) is 0 Å². The lowest BCUT2D eigenvalue weighted by molar-refractivity contribution is 0.600. The summed E-state index contributed by atoms with van der Waals surface area (Å²) in [5, 5.41) is 0.501. The van der Waals surface area contributed by atoms with Gasteiger partial charge in [0.25, 0.3) is 0 Å². The molecule has 1 heterocycles. The highest BCUT2D eigenvalue weighted by Crippen LogP contribution is 2.29. The molecule has 0 aliphatic carbocycles. The fourth-order valence-corrected chi connectivity index (χ4v) is 5.67. The van der Waals surface area contributed by atoms with Gasteiger partial charge in [-0.05, 0) is 36.8 Å². The Morgan fingerprint density at radius 2 is 2.00 bits per heavy atom. The lowest BCUT2D eigenvalue weighted by Gasteiger charge is -2.07. The second kappa shape index (κ2) is 7.74. The Morgan fingerprint density at radius 1 is 1.17 bits per heavy atom. The van der Waals surface area contributed by atoms with Crippen molar-refractivity contribution in [2.45, 2.75) is 10.8 Å². The van der Waals surface area contributed by atoms with Crippen LogP contribution in [0.4, 0.5) is 5.69 Å². The molecule has 1 N–H and O–H groups in total. The molecule has 4 nitrogen and oxygen atoms in total. The minimum absolute atomic E-state index is 0.0669. The molecule has 3 aromatic rings. The third-order valence-electron chi connectivity index (χ3n) is 3.16. The monoisotopic (exact) mass is 398 g/mol. The number of fused-ring (bicyclic) bond motifs is 1. The zero-order valence-corrected chi connectivity index (χ0v) is 15.8. The van der Waals surface area contributed by atoms with Gasteiger partial charge < -0.3 is 0 Å². The highest BCUT2D eigenvalue weighted by Gasteiger charge is 2.11. The summed E-state index contributed by atoms with van der Waals surface area (Å²) in [6.45, 7) is 0. The van der Waals surface area contributed by atoms with Crippen molar-refractivity contribution in [2.24, 2.45) is 0 Å². The molecule has 1 aromatic heterocycles. The van der Waals surface area contributed by atoms with Crippen LogP contribution in [0.15, 0.2) is 52.9 Å². The molecule has 0 spiro atoms. The standard InChI is InChI=1S/C16H15ClN2O2S3/c17-12-5-3-6-13(11-12)19-24(20,21)10-4-9-22-16-18-14-7-1-2-8-15(14)23-16/h1-3,5-8,11,19H,4,9-10H2. The van der Waals surface area contributed by atoms with E-state index in [0.29, 0.717) is 22.9 Å². The van der Waals surface area contributed by atoms with Gasteiger partial charge in [0.1, 0.15) is 0 Å². The first kappa shape index (κ1) is 17.5. The van der Waals surface area contributed by atoms with Crippen molar-refractivity contribution in [2.75, 3.05) is 16.2 Å². The summed E-state index contributed by atoms with van der Waals surface area (Å²) in [6.07, 6.45) is 0.552. The number of anilines is 1. The molecule has 0 saturated heterocycles. The number of hydrogen-bond donors (Lipinski definition) is 1. The van der Waals surface area contributed by atoms with Gasteiger partial charge in [-0.2, -0.15) is 0 Å². The average Bonchev–Trinajstić information content (AvgIpc) is 2.94. The number of hydrogen-bond acceptors (Lipinski definition) is 5.